The number of carbonyl (C=O) groups is 2. The summed E-state index contributed by atoms with van der Waals surface area (Å²) >= 11 is 0. The molecule has 1 aromatic heterocycles. The molecule has 0 fully saturated rings. The lowest BCUT2D eigenvalue weighted by molar-refractivity contribution is -0.148. The number of carboxylic acid groups (broad SMARTS) is 1. The minimum atomic E-state index is -4.31. The monoisotopic (exact) mass is 366 g/mol. The number of aliphatic carboxylic acids is 1. The number of carbonyl (C=O) groups excluding carboxylic acids is 1. The van der Waals surface area contributed by atoms with Crippen LogP contribution in [0, 0.1) is 0 Å². The Labute approximate surface area is 141 Å². The van der Waals surface area contributed by atoms with Crippen LogP contribution < -0.4 is 4.74 Å². The molecule has 0 spiro atoms. The molecular formula is C15H18F4N2O4. The van der Waals surface area contributed by atoms with E-state index in [9.17, 15) is 27.2 Å². The number of hydrogen-bond acceptors (Lipinski definition) is 4. The summed E-state index contributed by atoms with van der Waals surface area (Å²) in [6, 6.07) is 1.93. The van der Waals surface area contributed by atoms with Crippen LogP contribution >= 0.6 is 0 Å². The van der Waals surface area contributed by atoms with Crippen molar-refractivity contribution in [3.05, 3.63) is 23.9 Å². The van der Waals surface area contributed by atoms with Gasteiger partial charge in [-0.3, -0.25) is 9.59 Å². The van der Waals surface area contributed by atoms with E-state index in [2.05, 4.69) is 9.72 Å². The van der Waals surface area contributed by atoms with E-state index in [0.717, 1.165) is 17.2 Å². The molecule has 1 N–H and O–H groups in total. The lowest BCUT2D eigenvalue weighted by Crippen LogP contribution is -2.41. The predicted octanol–water partition coefficient (Wildman–Crippen LogP) is 2.69. The van der Waals surface area contributed by atoms with Gasteiger partial charge in [0.25, 0.3) is 5.91 Å². The number of aromatic nitrogens is 1. The molecule has 10 heteroatoms. The van der Waals surface area contributed by atoms with Crippen LogP contribution in [0.25, 0.3) is 0 Å². The smallest absolute Gasteiger partial charge is 0.340 e. The Kier molecular flexibility index (Phi) is 7.13. The summed E-state index contributed by atoms with van der Waals surface area (Å²) in [6.07, 6.45) is -2.33. The third-order valence-electron chi connectivity index (χ3n) is 3.40. The van der Waals surface area contributed by atoms with Crippen LogP contribution in [0.15, 0.2) is 18.3 Å². The summed E-state index contributed by atoms with van der Waals surface area (Å²) in [4.78, 5) is 28.0. The number of rotatable bonds is 9. The molecule has 6 nitrogen and oxygen atoms in total. The normalized spacial score (nSPS) is 12.8. The van der Waals surface area contributed by atoms with Gasteiger partial charge in [-0.05, 0) is 19.4 Å². The summed E-state index contributed by atoms with van der Waals surface area (Å²) in [5.74, 6) is -6.46. The molecule has 0 aliphatic rings. The lowest BCUT2D eigenvalue weighted by atomic mass is 10.1. The fourth-order valence-corrected chi connectivity index (χ4v) is 1.79. The maximum absolute atomic E-state index is 12.8. The van der Waals surface area contributed by atoms with E-state index in [1.54, 1.807) is 13.8 Å². The van der Waals surface area contributed by atoms with Gasteiger partial charge in [-0.25, -0.2) is 13.8 Å². The number of nitrogens with zero attached hydrogens (tertiary/aromatic N) is 2. The van der Waals surface area contributed by atoms with Crippen molar-refractivity contribution in [2.45, 2.75) is 38.7 Å². The summed E-state index contributed by atoms with van der Waals surface area (Å²) in [5, 5.41) is 8.90. The van der Waals surface area contributed by atoms with E-state index in [-0.39, 0.29) is 17.5 Å². The first-order valence-electron chi connectivity index (χ1n) is 7.36. The fourth-order valence-electron chi connectivity index (χ4n) is 1.79. The molecule has 0 aromatic carbocycles. The molecule has 1 atom stereocenters. The first kappa shape index (κ1) is 20.7. The Morgan fingerprint density at radius 3 is 2.44 bits per heavy atom. The molecule has 0 aliphatic heterocycles. The minimum Gasteiger partial charge on any atom is -0.480 e. The van der Waals surface area contributed by atoms with Crippen molar-refractivity contribution in [1.29, 1.82) is 0 Å². The standard InChI is InChI=1S/C15H18F4N2O4/c1-3-9(2)21(7-12(22)23)13(24)10-4-5-11(20-6-10)25-8-15(18,19)14(16)17/h4-6,9,14H,3,7-8H2,1-2H3,(H,22,23). The number of amides is 1. The molecule has 1 unspecified atom stereocenters. The quantitative estimate of drug-likeness (QED) is 0.680. The van der Waals surface area contributed by atoms with Gasteiger partial charge in [0.15, 0.2) is 6.61 Å². The van der Waals surface area contributed by atoms with Gasteiger partial charge in [-0.1, -0.05) is 6.92 Å². The highest BCUT2D eigenvalue weighted by Crippen LogP contribution is 2.23. The maximum Gasteiger partial charge on any atom is 0.340 e. The second-order valence-electron chi connectivity index (χ2n) is 5.32. The van der Waals surface area contributed by atoms with Crippen molar-refractivity contribution in [2.75, 3.05) is 13.2 Å². The van der Waals surface area contributed by atoms with Gasteiger partial charge in [-0.2, -0.15) is 8.78 Å². The molecular weight excluding hydrogens is 348 g/mol. The molecule has 0 radical (unpaired) electrons. The van der Waals surface area contributed by atoms with Gasteiger partial charge in [0.1, 0.15) is 6.54 Å². The average Bonchev–Trinajstić information content (AvgIpc) is 2.56. The van der Waals surface area contributed by atoms with Crippen molar-refractivity contribution in [1.82, 2.24) is 9.88 Å². The van der Waals surface area contributed by atoms with E-state index < -0.39 is 37.4 Å². The van der Waals surface area contributed by atoms with Crippen LogP contribution in [0.3, 0.4) is 0 Å². The Morgan fingerprint density at radius 1 is 1.36 bits per heavy atom. The minimum absolute atomic E-state index is 0.0227. The zero-order valence-corrected chi connectivity index (χ0v) is 13.6. The number of hydrogen-bond donors (Lipinski definition) is 1. The number of carboxylic acids is 1. The molecule has 0 bridgehead atoms. The third kappa shape index (κ3) is 5.87. The zero-order chi connectivity index (χ0) is 19.2. The third-order valence-corrected chi connectivity index (χ3v) is 3.40. The highest BCUT2D eigenvalue weighted by Gasteiger charge is 2.41. The second kappa shape index (κ2) is 8.63. The number of halogens is 4. The van der Waals surface area contributed by atoms with Crippen molar-refractivity contribution in [2.24, 2.45) is 0 Å². The van der Waals surface area contributed by atoms with E-state index >= 15 is 0 Å². The first-order chi connectivity index (χ1) is 11.6. The fraction of sp³-hybridized carbons (Fsp3) is 0.533. The van der Waals surface area contributed by atoms with Crippen molar-refractivity contribution < 1.29 is 37.0 Å². The molecule has 0 aliphatic carbocycles. The van der Waals surface area contributed by atoms with Crippen molar-refractivity contribution in [3.8, 4) is 5.88 Å². The number of pyridine rings is 1. The molecule has 140 valence electrons. The maximum atomic E-state index is 12.8. The van der Waals surface area contributed by atoms with Gasteiger partial charge in [0, 0.05) is 18.3 Å². The van der Waals surface area contributed by atoms with Crippen molar-refractivity contribution >= 4 is 11.9 Å². The molecule has 0 saturated carbocycles. The number of alkyl halides is 4. The number of ether oxygens (including phenoxy) is 1. The largest absolute Gasteiger partial charge is 0.480 e. The van der Waals surface area contributed by atoms with Crippen LogP contribution in [-0.4, -0.2) is 58.4 Å². The first-order valence-corrected chi connectivity index (χ1v) is 7.36. The SMILES string of the molecule is CCC(C)N(CC(=O)O)C(=O)c1ccc(OCC(F)(F)C(F)F)nc1. The summed E-state index contributed by atoms with van der Waals surface area (Å²) in [7, 11) is 0. The predicted molar refractivity (Wildman–Crippen MR) is 79.1 cm³/mol. The Morgan fingerprint density at radius 2 is 2.00 bits per heavy atom. The lowest BCUT2D eigenvalue weighted by Gasteiger charge is -2.26. The topological polar surface area (TPSA) is 79.7 Å². The Hall–Kier alpha value is -2.39. The van der Waals surface area contributed by atoms with Gasteiger partial charge in [-0.15, -0.1) is 0 Å². The van der Waals surface area contributed by atoms with E-state index in [0.29, 0.717) is 6.42 Å². The highest BCUT2D eigenvalue weighted by molar-refractivity contribution is 5.95. The Bertz CT molecular complexity index is 596. The van der Waals surface area contributed by atoms with E-state index in [1.807, 2.05) is 0 Å². The van der Waals surface area contributed by atoms with Crippen LogP contribution in [0.5, 0.6) is 5.88 Å². The summed E-state index contributed by atoms with van der Waals surface area (Å²) in [5.41, 5.74) is 0.0227. The average molecular weight is 366 g/mol. The second-order valence-corrected chi connectivity index (χ2v) is 5.32. The van der Waals surface area contributed by atoms with Gasteiger partial charge in [0.05, 0.1) is 5.56 Å². The van der Waals surface area contributed by atoms with Crippen molar-refractivity contribution in [3.63, 3.8) is 0 Å². The van der Waals surface area contributed by atoms with Gasteiger partial charge >= 0.3 is 18.3 Å². The summed E-state index contributed by atoms with van der Waals surface area (Å²) in [6.45, 7) is 1.40. The molecule has 1 heterocycles. The molecule has 1 rings (SSSR count). The highest BCUT2D eigenvalue weighted by atomic mass is 19.3. The van der Waals surface area contributed by atoms with E-state index in [4.69, 9.17) is 5.11 Å². The van der Waals surface area contributed by atoms with Crippen LogP contribution in [0.2, 0.25) is 0 Å². The van der Waals surface area contributed by atoms with Gasteiger partial charge < -0.3 is 14.7 Å². The molecule has 1 aromatic rings. The summed E-state index contributed by atoms with van der Waals surface area (Å²) < 4.78 is 54.1. The van der Waals surface area contributed by atoms with Crippen LogP contribution in [-0.2, 0) is 4.79 Å². The molecule has 0 saturated heterocycles. The molecule has 25 heavy (non-hydrogen) atoms. The molecule has 1 amide bonds. The van der Waals surface area contributed by atoms with Crippen LogP contribution in [0.1, 0.15) is 30.6 Å². The van der Waals surface area contributed by atoms with Crippen LogP contribution in [0.4, 0.5) is 17.6 Å². The zero-order valence-electron chi connectivity index (χ0n) is 13.6. The van der Waals surface area contributed by atoms with E-state index in [1.165, 1.54) is 6.07 Å². The van der Waals surface area contributed by atoms with Gasteiger partial charge in [0.2, 0.25) is 5.88 Å². The Balaban J connectivity index is 2.83.